The quantitative estimate of drug-likeness (QED) is 0.707. The molecule has 28 heavy (non-hydrogen) atoms. The number of carbonyl (C=O) groups is 2. The Kier molecular flexibility index (Phi) is 7.24. The monoisotopic (exact) mass is 402 g/mol. The predicted octanol–water partition coefficient (Wildman–Crippen LogP) is 3.80. The second-order valence-corrected chi connectivity index (χ2v) is 6.02. The molecule has 1 atom stereocenters. The van der Waals surface area contributed by atoms with Crippen LogP contribution < -0.4 is 14.8 Å². The molecule has 2 aromatic carbocycles. The van der Waals surface area contributed by atoms with Crippen LogP contribution in [-0.2, 0) is 9.53 Å². The number of nitrogens with one attached hydrogen (secondary N) is 1. The van der Waals surface area contributed by atoms with E-state index in [9.17, 15) is 9.59 Å². The zero-order valence-electron chi connectivity index (χ0n) is 15.6. The van der Waals surface area contributed by atoms with Gasteiger partial charge in [0.15, 0.2) is 17.6 Å². The maximum Gasteiger partial charge on any atom is 0.339 e. The molecular weight excluding hydrogens is 384 g/mol. The number of amides is 1. The minimum absolute atomic E-state index is 0.113. The van der Waals surface area contributed by atoms with Crippen LogP contribution in [0.1, 0.15) is 29.8 Å². The molecule has 0 unspecified atom stereocenters. The Balaban J connectivity index is 2.12. The molecule has 0 aromatic heterocycles. The average molecular weight is 403 g/mol. The van der Waals surface area contributed by atoms with E-state index < -0.39 is 18.0 Å². The summed E-state index contributed by atoms with van der Waals surface area (Å²) in [4.78, 5) is 24.7. The van der Waals surface area contributed by atoms with Gasteiger partial charge in [0.2, 0.25) is 0 Å². The van der Waals surface area contributed by atoms with E-state index in [1.807, 2.05) is 6.07 Å². The van der Waals surface area contributed by atoms with Gasteiger partial charge in [-0.2, -0.15) is 5.26 Å². The number of esters is 1. The molecule has 0 bridgehead atoms. The van der Waals surface area contributed by atoms with Gasteiger partial charge in [0.05, 0.1) is 35.6 Å². The number of ether oxygens (including phenoxy) is 3. The summed E-state index contributed by atoms with van der Waals surface area (Å²) >= 11 is 6.15. The third-order valence-electron chi connectivity index (χ3n) is 3.71. The number of nitrogens with zero attached hydrogens (tertiary/aromatic N) is 1. The lowest BCUT2D eigenvalue weighted by atomic mass is 10.2. The number of benzene rings is 2. The number of rotatable bonds is 7. The largest absolute Gasteiger partial charge is 0.493 e. The fraction of sp³-hybridized carbons (Fsp3) is 0.250. The van der Waals surface area contributed by atoms with Crippen molar-refractivity contribution >= 4 is 29.2 Å². The van der Waals surface area contributed by atoms with E-state index in [0.29, 0.717) is 23.6 Å². The second-order valence-electron chi connectivity index (χ2n) is 5.62. The van der Waals surface area contributed by atoms with Gasteiger partial charge in [0.1, 0.15) is 6.07 Å². The Morgan fingerprint density at radius 1 is 1.29 bits per heavy atom. The lowest BCUT2D eigenvalue weighted by Gasteiger charge is -2.16. The van der Waals surface area contributed by atoms with Crippen LogP contribution in [0.5, 0.6) is 11.5 Å². The predicted molar refractivity (Wildman–Crippen MR) is 104 cm³/mol. The summed E-state index contributed by atoms with van der Waals surface area (Å²) in [6.07, 6.45) is -1.10. The number of hydrogen-bond donors (Lipinski definition) is 1. The lowest BCUT2D eigenvalue weighted by molar-refractivity contribution is -0.123. The fourth-order valence-electron chi connectivity index (χ4n) is 2.33. The summed E-state index contributed by atoms with van der Waals surface area (Å²) in [5.41, 5.74) is 0.753. The van der Waals surface area contributed by atoms with Crippen molar-refractivity contribution < 1.29 is 23.8 Å². The van der Waals surface area contributed by atoms with E-state index in [1.54, 1.807) is 31.2 Å². The van der Waals surface area contributed by atoms with Gasteiger partial charge in [-0.05, 0) is 38.1 Å². The highest BCUT2D eigenvalue weighted by atomic mass is 35.5. The van der Waals surface area contributed by atoms with Crippen LogP contribution in [0.3, 0.4) is 0 Å². The van der Waals surface area contributed by atoms with Crippen LogP contribution in [0, 0.1) is 11.3 Å². The van der Waals surface area contributed by atoms with E-state index in [1.165, 1.54) is 26.2 Å². The molecule has 0 fully saturated rings. The fourth-order valence-corrected chi connectivity index (χ4v) is 2.59. The van der Waals surface area contributed by atoms with Crippen LogP contribution >= 0.6 is 11.6 Å². The van der Waals surface area contributed by atoms with Crippen LogP contribution in [0.25, 0.3) is 0 Å². The smallest absolute Gasteiger partial charge is 0.339 e. The van der Waals surface area contributed by atoms with Crippen molar-refractivity contribution in [3.05, 3.63) is 52.5 Å². The van der Waals surface area contributed by atoms with Gasteiger partial charge in [-0.25, -0.2) is 4.79 Å². The third-order valence-corrected chi connectivity index (χ3v) is 3.99. The van der Waals surface area contributed by atoms with Crippen LogP contribution in [0.2, 0.25) is 5.02 Å². The summed E-state index contributed by atoms with van der Waals surface area (Å²) in [6.45, 7) is 3.60. The Hall–Kier alpha value is -3.24. The summed E-state index contributed by atoms with van der Waals surface area (Å²) in [7, 11) is 1.42. The molecule has 7 nitrogen and oxygen atoms in total. The van der Waals surface area contributed by atoms with Gasteiger partial charge in [-0.15, -0.1) is 0 Å². The summed E-state index contributed by atoms with van der Waals surface area (Å²) in [5, 5.41) is 11.8. The molecule has 2 aromatic rings. The summed E-state index contributed by atoms with van der Waals surface area (Å²) in [6, 6.07) is 11.3. The second kappa shape index (κ2) is 9.62. The van der Waals surface area contributed by atoms with Crippen LogP contribution in [0.15, 0.2) is 36.4 Å². The highest BCUT2D eigenvalue weighted by Crippen LogP contribution is 2.36. The maximum atomic E-state index is 12.4. The molecule has 146 valence electrons. The molecule has 0 radical (unpaired) electrons. The first-order valence-electron chi connectivity index (χ1n) is 8.42. The van der Waals surface area contributed by atoms with Crippen molar-refractivity contribution in [2.24, 2.45) is 0 Å². The number of nitriles is 1. The minimum atomic E-state index is -1.10. The van der Waals surface area contributed by atoms with E-state index in [4.69, 9.17) is 31.1 Å². The molecule has 0 heterocycles. The van der Waals surface area contributed by atoms with E-state index >= 15 is 0 Å². The molecule has 2 rings (SSSR count). The highest BCUT2D eigenvalue weighted by molar-refractivity contribution is 6.32. The number of carbonyl (C=O) groups excluding carboxylic acids is 2. The first-order valence-corrected chi connectivity index (χ1v) is 8.80. The Bertz CT molecular complexity index is 923. The number of methoxy groups -OCH3 is 1. The number of para-hydroxylation sites is 1. The highest BCUT2D eigenvalue weighted by Gasteiger charge is 2.22. The summed E-state index contributed by atoms with van der Waals surface area (Å²) in [5.74, 6) is -0.719. The maximum absolute atomic E-state index is 12.4. The summed E-state index contributed by atoms with van der Waals surface area (Å²) < 4.78 is 15.8. The van der Waals surface area contributed by atoms with E-state index in [2.05, 4.69) is 5.32 Å². The number of hydrogen-bond acceptors (Lipinski definition) is 6. The molecule has 0 aliphatic carbocycles. The number of anilines is 1. The third kappa shape index (κ3) is 4.93. The zero-order chi connectivity index (χ0) is 20.7. The molecule has 1 N–H and O–H groups in total. The molecule has 0 saturated carbocycles. The first-order chi connectivity index (χ1) is 13.4. The SMILES string of the molecule is CCOc1c(Cl)cc(C(=O)O[C@H](C)C(=O)Nc2ccccc2C#N)cc1OC. The topological polar surface area (TPSA) is 97.6 Å². The van der Waals surface area contributed by atoms with Gasteiger partial charge < -0.3 is 19.5 Å². The normalized spacial score (nSPS) is 11.1. The van der Waals surface area contributed by atoms with Crippen molar-refractivity contribution in [3.8, 4) is 17.6 Å². The molecular formula is C20H19ClN2O5. The minimum Gasteiger partial charge on any atom is -0.493 e. The molecule has 0 saturated heterocycles. The van der Waals surface area contributed by atoms with Gasteiger partial charge in [-0.3, -0.25) is 4.79 Å². The van der Waals surface area contributed by atoms with Crippen molar-refractivity contribution in [1.29, 1.82) is 5.26 Å². The first kappa shape index (κ1) is 21.1. The molecule has 8 heteroatoms. The van der Waals surface area contributed by atoms with Crippen molar-refractivity contribution in [3.63, 3.8) is 0 Å². The number of halogens is 1. The molecule has 1 amide bonds. The van der Waals surface area contributed by atoms with Crippen molar-refractivity contribution in [2.45, 2.75) is 20.0 Å². The van der Waals surface area contributed by atoms with Gasteiger partial charge >= 0.3 is 5.97 Å². The Morgan fingerprint density at radius 2 is 2.00 bits per heavy atom. The van der Waals surface area contributed by atoms with E-state index in [-0.39, 0.29) is 16.3 Å². The van der Waals surface area contributed by atoms with Crippen LogP contribution in [-0.4, -0.2) is 31.7 Å². The molecule has 0 aliphatic rings. The van der Waals surface area contributed by atoms with Gasteiger partial charge in [0, 0.05) is 0 Å². The Morgan fingerprint density at radius 3 is 2.64 bits per heavy atom. The molecule has 0 spiro atoms. The molecule has 0 aliphatic heterocycles. The van der Waals surface area contributed by atoms with E-state index in [0.717, 1.165) is 0 Å². The lowest BCUT2D eigenvalue weighted by Crippen LogP contribution is -2.30. The Labute approximate surface area is 167 Å². The van der Waals surface area contributed by atoms with Crippen molar-refractivity contribution in [1.82, 2.24) is 0 Å². The van der Waals surface area contributed by atoms with Gasteiger partial charge in [0.25, 0.3) is 5.91 Å². The van der Waals surface area contributed by atoms with Crippen molar-refractivity contribution in [2.75, 3.05) is 19.0 Å². The zero-order valence-corrected chi connectivity index (χ0v) is 16.4. The van der Waals surface area contributed by atoms with Gasteiger partial charge in [-0.1, -0.05) is 23.7 Å². The average Bonchev–Trinajstić information content (AvgIpc) is 2.69. The van der Waals surface area contributed by atoms with Crippen LogP contribution in [0.4, 0.5) is 5.69 Å². The standard InChI is InChI=1S/C20H19ClN2O5/c1-4-27-18-15(21)9-14(10-17(18)26-3)20(25)28-12(2)19(24)23-16-8-6-5-7-13(16)11-22/h5-10,12H,4H2,1-3H3,(H,23,24)/t12-/m1/s1.